The standard InChI is InChI=1S/C18H22N2O2/c1-19(2)13-7-5-12(6-8-13)17-15-10-9-14(20(3)4)11-16(15)18(21)22-17/h5,7-12,17H,6H2,1-4H3. The van der Waals surface area contributed by atoms with Gasteiger partial charge in [0.25, 0.3) is 0 Å². The zero-order valence-electron chi connectivity index (χ0n) is 13.5. The number of esters is 1. The summed E-state index contributed by atoms with van der Waals surface area (Å²) in [4.78, 5) is 16.3. The minimum atomic E-state index is -0.209. The molecule has 0 N–H and O–H groups in total. The third kappa shape index (κ3) is 2.49. The van der Waals surface area contributed by atoms with E-state index in [2.05, 4.69) is 23.1 Å². The number of fused-ring (bicyclic) bond motifs is 1. The monoisotopic (exact) mass is 298 g/mol. The Balaban J connectivity index is 1.85. The topological polar surface area (TPSA) is 32.8 Å². The summed E-state index contributed by atoms with van der Waals surface area (Å²) in [5.41, 5.74) is 3.92. The van der Waals surface area contributed by atoms with E-state index in [1.807, 2.05) is 51.3 Å². The van der Waals surface area contributed by atoms with Crippen molar-refractivity contribution in [2.24, 2.45) is 5.92 Å². The smallest absolute Gasteiger partial charge is 0.339 e. The molecule has 0 aromatic heterocycles. The highest BCUT2D eigenvalue weighted by Gasteiger charge is 2.36. The van der Waals surface area contributed by atoms with Crippen LogP contribution in [0.5, 0.6) is 0 Å². The lowest BCUT2D eigenvalue weighted by molar-refractivity contribution is 0.0292. The second-order valence-electron chi connectivity index (χ2n) is 6.27. The zero-order valence-corrected chi connectivity index (χ0v) is 13.5. The summed E-state index contributed by atoms with van der Waals surface area (Å²) >= 11 is 0. The number of cyclic esters (lactones) is 1. The van der Waals surface area contributed by atoms with E-state index in [-0.39, 0.29) is 18.0 Å². The SMILES string of the molecule is CN(C)C1=CCC(C2OC(=O)c3cc(N(C)C)ccc32)C=C1. The highest BCUT2D eigenvalue weighted by atomic mass is 16.5. The maximum atomic E-state index is 12.2. The first kappa shape index (κ1) is 14.7. The fraction of sp³-hybridized carbons (Fsp3) is 0.389. The molecule has 1 aromatic rings. The fourth-order valence-corrected chi connectivity index (χ4v) is 2.99. The quantitative estimate of drug-likeness (QED) is 0.803. The normalized spacial score (nSPS) is 22.9. The Hall–Kier alpha value is -2.23. The molecule has 2 aliphatic rings. The summed E-state index contributed by atoms with van der Waals surface area (Å²) in [5, 5.41) is 0. The van der Waals surface area contributed by atoms with Crippen LogP contribution in [0.15, 0.2) is 42.1 Å². The third-order valence-electron chi connectivity index (χ3n) is 4.33. The van der Waals surface area contributed by atoms with Gasteiger partial charge in [-0.2, -0.15) is 0 Å². The highest BCUT2D eigenvalue weighted by Crippen LogP contribution is 2.40. The van der Waals surface area contributed by atoms with Crippen LogP contribution in [0, 0.1) is 5.92 Å². The van der Waals surface area contributed by atoms with E-state index < -0.39 is 0 Å². The molecule has 22 heavy (non-hydrogen) atoms. The summed E-state index contributed by atoms with van der Waals surface area (Å²) in [5.74, 6) is -0.00130. The molecular weight excluding hydrogens is 276 g/mol. The predicted molar refractivity (Wildman–Crippen MR) is 87.9 cm³/mol. The molecule has 1 aliphatic carbocycles. The first-order chi connectivity index (χ1) is 10.5. The molecule has 0 saturated carbocycles. The summed E-state index contributed by atoms with van der Waals surface area (Å²) in [6.45, 7) is 0. The van der Waals surface area contributed by atoms with Gasteiger partial charge in [0.2, 0.25) is 0 Å². The first-order valence-corrected chi connectivity index (χ1v) is 7.55. The average molecular weight is 298 g/mol. The third-order valence-corrected chi connectivity index (χ3v) is 4.33. The van der Waals surface area contributed by atoms with Gasteiger partial charge in [-0.05, 0) is 24.6 Å². The van der Waals surface area contributed by atoms with Gasteiger partial charge in [-0.3, -0.25) is 0 Å². The van der Waals surface area contributed by atoms with Crippen LogP contribution in [0.4, 0.5) is 5.69 Å². The van der Waals surface area contributed by atoms with Gasteiger partial charge in [-0.15, -0.1) is 0 Å². The highest BCUT2D eigenvalue weighted by molar-refractivity contribution is 5.95. The molecule has 116 valence electrons. The van der Waals surface area contributed by atoms with Crippen LogP contribution < -0.4 is 4.90 Å². The van der Waals surface area contributed by atoms with E-state index in [9.17, 15) is 4.79 Å². The second-order valence-corrected chi connectivity index (χ2v) is 6.27. The van der Waals surface area contributed by atoms with Gasteiger partial charge in [0.15, 0.2) is 0 Å². The Kier molecular flexibility index (Phi) is 3.69. The molecule has 1 heterocycles. The number of likely N-dealkylation sites (N-methyl/N-ethyl adjacent to an activating group) is 1. The van der Waals surface area contributed by atoms with Crippen molar-refractivity contribution in [3.8, 4) is 0 Å². The molecule has 4 heteroatoms. The van der Waals surface area contributed by atoms with Gasteiger partial charge in [0, 0.05) is 51.1 Å². The van der Waals surface area contributed by atoms with Crippen LogP contribution in [0.3, 0.4) is 0 Å². The lowest BCUT2D eigenvalue weighted by atomic mass is 9.88. The number of carbonyl (C=O) groups is 1. The van der Waals surface area contributed by atoms with Crippen LogP contribution in [0.1, 0.15) is 28.4 Å². The molecule has 3 rings (SSSR count). The lowest BCUT2D eigenvalue weighted by Gasteiger charge is -2.24. The number of rotatable bonds is 3. The molecule has 0 bridgehead atoms. The van der Waals surface area contributed by atoms with Crippen LogP contribution in [0.25, 0.3) is 0 Å². The Bertz CT molecular complexity index is 659. The van der Waals surface area contributed by atoms with E-state index in [1.165, 1.54) is 5.70 Å². The van der Waals surface area contributed by atoms with E-state index >= 15 is 0 Å². The van der Waals surface area contributed by atoms with E-state index in [0.29, 0.717) is 5.56 Å². The number of anilines is 1. The predicted octanol–water partition coefficient (Wildman–Crippen LogP) is 2.99. The molecule has 0 fully saturated rings. The van der Waals surface area contributed by atoms with Crippen molar-refractivity contribution < 1.29 is 9.53 Å². The minimum Gasteiger partial charge on any atom is -0.453 e. The summed E-state index contributed by atoms with van der Waals surface area (Å²) in [7, 11) is 8.00. The van der Waals surface area contributed by atoms with Crippen LogP contribution in [0.2, 0.25) is 0 Å². The zero-order chi connectivity index (χ0) is 15.9. The maximum absolute atomic E-state index is 12.2. The van der Waals surface area contributed by atoms with Crippen molar-refractivity contribution in [2.75, 3.05) is 33.1 Å². The molecule has 0 saturated heterocycles. The number of hydrogen-bond acceptors (Lipinski definition) is 4. The van der Waals surface area contributed by atoms with Crippen molar-refractivity contribution in [3.63, 3.8) is 0 Å². The molecule has 2 unspecified atom stereocenters. The van der Waals surface area contributed by atoms with Gasteiger partial charge in [-0.25, -0.2) is 4.79 Å². The summed E-state index contributed by atoms with van der Waals surface area (Å²) in [6.07, 6.45) is 7.17. The molecule has 0 amide bonds. The fourth-order valence-electron chi connectivity index (χ4n) is 2.99. The van der Waals surface area contributed by atoms with Crippen molar-refractivity contribution in [3.05, 3.63) is 53.3 Å². The van der Waals surface area contributed by atoms with Gasteiger partial charge in [0.1, 0.15) is 6.10 Å². The molecule has 1 aromatic carbocycles. The number of carbonyl (C=O) groups excluding carboxylic acids is 1. The molecule has 0 radical (unpaired) electrons. The molecular formula is C18H22N2O2. The van der Waals surface area contributed by atoms with Crippen molar-refractivity contribution >= 4 is 11.7 Å². The minimum absolute atomic E-state index is 0.171. The van der Waals surface area contributed by atoms with E-state index in [0.717, 1.165) is 17.7 Å². The number of hydrogen-bond donors (Lipinski definition) is 0. The molecule has 2 atom stereocenters. The van der Waals surface area contributed by atoms with Crippen LogP contribution in [-0.2, 0) is 4.74 Å². The number of allylic oxidation sites excluding steroid dienone is 2. The maximum Gasteiger partial charge on any atom is 0.339 e. The Labute approximate surface area is 131 Å². The van der Waals surface area contributed by atoms with Crippen molar-refractivity contribution in [1.82, 2.24) is 4.90 Å². The molecule has 1 aliphatic heterocycles. The lowest BCUT2D eigenvalue weighted by Crippen LogP contribution is -2.16. The number of benzene rings is 1. The van der Waals surface area contributed by atoms with Gasteiger partial charge in [0.05, 0.1) is 5.56 Å². The van der Waals surface area contributed by atoms with Gasteiger partial charge < -0.3 is 14.5 Å². The summed E-state index contributed by atoms with van der Waals surface area (Å²) in [6, 6.07) is 5.99. The van der Waals surface area contributed by atoms with Crippen LogP contribution in [-0.4, -0.2) is 39.1 Å². The van der Waals surface area contributed by atoms with Crippen molar-refractivity contribution in [1.29, 1.82) is 0 Å². The summed E-state index contributed by atoms with van der Waals surface area (Å²) < 4.78 is 5.65. The van der Waals surface area contributed by atoms with Crippen LogP contribution >= 0.6 is 0 Å². The number of ether oxygens (including phenoxy) is 1. The largest absolute Gasteiger partial charge is 0.453 e. The van der Waals surface area contributed by atoms with E-state index in [1.54, 1.807) is 0 Å². The Morgan fingerprint density at radius 3 is 2.50 bits per heavy atom. The Morgan fingerprint density at radius 2 is 1.91 bits per heavy atom. The second kappa shape index (κ2) is 5.52. The molecule has 4 nitrogen and oxygen atoms in total. The number of nitrogens with zero attached hydrogens (tertiary/aromatic N) is 2. The average Bonchev–Trinajstić information content (AvgIpc) is 2.84. The first-order valence-electron chi connectivity index (χ1n) is 7.55. The Morgan fingerprint density at radius 1 is 1.14 bits per heavy atom. The van der Waals surface area contributed by atoms with Gasteiger partial charge >= 0.3 is 5.97 Å². The van der Waals surface area contributed by atoms with E-state index in [4.69, 9.17) is 4.74 Å². The van der Waals surface area contributed by atoms with Gasteiger partial charge in [-0.1, -0.05) is 18.2 Å². The molecule has 0 spiro atoms. The van der Waals surface area contributed by atoms with Crippen molar-refractivity contribution in [2.45, 2.75) is 12.5 Å².